The third kappa shape index (κ3) is 3.37. The van der Waals surface area contributed by atoms with Crippen molar-refractivity contribution in [1.82, 2.24) is 34.8 Å². The molecule has 5 rings (SSSR count). The lowest BCUT2D eigenvalue weighted by Crippen LogP contribution is -2.50. The average Bonchev–Trinajstić information content (AvgIpc) is 3.13. The van der Waals surface area contributed by atoms with Crippen molar-refractivity contribution in [3.05, 3.63) is 57.5 Å². The van der Waals surface area contributed by atoms with E-state index in [1.165, 1.54) is 0 Å². The van der Waals surface area contributed by atoms with Crippen molar-refractivity contribution in [3.63, 3.8) is 0 Å². The van der Waals surface area contributed by atoms with Crippen LogP contribution in [0, 0.1) is 19.8 Å². The van der Waals surface area contributed by atoms with E-state index in [0.717, 1.165) is 36.6 Å². The molecule has 10 heteroatoms. The largest absolute Gasteiger partial charge is 0.347 e. The molecule has 30 heavy (non-hydrogen) atoms. The number of pyridine rings is 1. The molecule has 9 nitrogen and oxygen atoms in total. The molecule has 2 bridgehead atoms. The molecule has 1 amide bonds. The van der Waals surface area contributed by atoms with Gasteiger partial charge in [-0.15, -0.1) is 17.5 Å². The molecule has 3 atom stereocenters. The van der Waals surface area contributed by atoms with Gasteiger partial charge in [-0.25, -0.2) is 9.50 Å². The van der Waals surface area contributed by atoms with Crippen molar-refractivity contribution in [2.45, 2.75) is 32.2 Å². The number of piperidine rings is 1. The van der Waals surface area contributed by atoms with Crippen molar-refractivity contribution in [2.75, 3.05) is 19.6 Å². The van der Waals surface area contributed by atoms with Gasteiger partial charge in [-0.2, -0.15) is 4.98 Å². The zero-order valence-electron chi connectivity index (χ0n) is 16.8. The molecule has 2 aliphatic heterocycles. The number of rotatable bonds is 3. The fourth-order valence-corrected chi connectivity index (χ4v) is 4.71. The summed E-state index contributed by atoms with van der Waals surface area (Å²) in [5, 5.41) is 10.7. The van der Waals surface area contributed by atoms with Gasteiger partial charge in [0, 0.05) is 48.7 Å². The molecule has 0 unspecified atom stereocenters. The van der Waals surface area contributed by atoms with Crippen LogP contribution >= 0.6 is 12.4 Å². The Labute approximate surface area is 179 Å². The summed E-state index contributed by atoms with van der Waals surface area (Å²) in [5.74, 6) is 0.770. The third-order valence-corrected chi connectivity index (χ3v) is 5.99. The van der Waals surface area contributed by atoms with Crippen LogP contribution in [0.5, 0.6) is 0 Å². The minimum absolute atomic E-state index is 0. The van der Waals surface area contributed by atoms with Gasteiger partial charge in [0.15, 0.2) is 0 Å². The second-order valence-electron chi connectivity index (χ2n) is 7.97. The number of aromatic nitrogens is 5. The number of carbonyl (C=O) groups excluding carboxylic acids is 1. The summed E-state index contributed by atoms with van der Waals surface area (Å²) in [6.07, 6.45) is 1.02. The van der Waals surface area contributed by atoms with Gasteiger partial charge in [-0.3, -0.25) is 9.59 Å². The van der Waals surface area contributed by atoms with Gasteiger partial charge in [-0.05, 0) is 38.3 Å². The summed E-state index contributed by atoms with van der Waals surface area (Å²) in [7, 11) is 0. The van der Waals surface area contributed by atoms with E-state index >= 15 is 0 Å². The first-order valence-corrected chi connectivity index (χ1v) is 9.92. The number of fused-ring (bicyclic) bond motifs is 5. The maximum atomic E-state index is 12.7. The molecule has 3 aromatic rings. The molecule has 0 spiro atoms. The maximum absolute atomic E-state index is 12.7. The highest BCUT2D eigenvalue weighted by atomic mass is 35.5. The molecule has 0 saturated carbocycles. The topological polar surface area (TPSA) is 106 Å². The van der Waals surface area contributed by atoms with E-state index in [4.69, 9.17) is 0 Å². The summed E-state index contributed by atoms with van der Waals surface area (Å²) < 4.78 is 3.43. The third-order valence-electron chi connectivity index (χ3n) is 5.99. The first-order chi connectivity index (χ1) is 14.0. The zero-order valence-corrected chi connectivity index (χ0v) is 17.6. The van der Waals surface area contributed by atoms with E-state index in [9.17, 15) is 9.59 Å². The number of hydrogen-bond donors (Lipinski definition) is 2. The predicted octanol–water partition coefficient (Wildman–Crippen LogP) is 1.00. The maximum Gasteiger partial charge on any atom is 0.291 e. The standard InChI is InChI=1S/C20H23N7O2.ClH/c1-11-6-12(2)27-20(23-11)24-18(25-27)19(29)22-10-16-14-7-13(8-21-9-14)15-4-3-5-17(28)26(15)16;/h3-6,13-14,16,21H,7-10H2,1-2H3,(H,22,29);1H/t13-,14+,16+;/m1./s1. The van der Waals surface area contributed by atoms with E-state index in [1.54, 1.807) is 10.6 Å². The first-order valence-electron chi connectivity index (χ1n) is 9.92. The van der Waals surface area contributed by atoms with E-state index in [2.05, 4.69) is 25.7 Å². The monoisotopic (exact) mass is 429 g/mol. The van der Waals surface area contributed by atoms with Gasteiger partial charge in [-0.1, -0.05) is 6.07 Å². The zero-order chi connectivity index (χ0) is 20.1. The molecule has 5 heterocycles. The molecule has 1 saturated heterocycles. The van der Waals surface area contributed by atoms with E-state index < -0.39 is 0 Å². The van der Waals surface area contributed by atoms with Gasteiger partial charge < -0.3 is 15.2 Å². The Morgan fingerprint density at radius 3 is 2.93 bits per heavy atom. The number of carbonyl (C=O) groups is 1. The molecule has 1 fully saturated rings. The number of amides is 1. The molecule has 0 aromatic carbocycles. The number of nitrogens with one attached hydrogen (secondary N) is 2. The highest BCUT2D eigenvalue weighted by Gasteiger charge is 2.37. The summed E-state index contributed by atoms with van der Waals surface area (Å²) in [6.45, 7) is 5.86. The number of nitrogens with zero attached hydrogens (tertiary/aromatic N) is 5. The Hall–Kier alpha value is -2.78. The Bertz CT molecular complexity index is 1170. The van der Waals surface area contributed by atoms with Crippen LogP contribution in [0.1, 0.15) is 46.1 Å². The first kappa shape index (κ1) is 20.5. The Morgan fingerprint density at radius 2 is 2.10 bits per heavy atom. The highest BCUT2D eigenvalue weighted by molar-refractivity contribution is 5.90. The second kappa shape index (κ2) is 7.81. The van der Waals surface area contributed by atoms with Crippen LogP contribution < -0.4 is 16.2 Å². The summed E-state index contributed by atoms with van der Waals surface area (Å²) in [6, 6.07) is 7.22. The summed E-state index contributed by atoms with van der Waals surface area (Å²) in [4.78, 5) is 33.9. The van der Waals surface area contributed by atoms with Crippen molar-refractivity contribution in [2.24, 2.45) is 5.92 Å². The van der Waals surface area contributed by atoms with Gasteiger partial charge >= 0.3 is 0 Å². The lowest BCUT2D eigenvalue weighted by molar-refractivity contribution is 0.0922. The molecule has 2 N–H and O–H groups in total. The Balaban J connectivity index is 0.00000218. The predicted molar refractivity (Wildman–Crippen MR) is 113 cm³/mol. The molecule has 3 aromatic heterocycles. The average molecular weight is 430 g/mol. The fourth-order valence-electron chi connectivity index (χ4n) is 4.71. The SMILES string of the molecule is Cc1cc(C)n2nc(C(=O)NC[C@H]3[C@@H]4CNC[C@@H](C4)c4cccc(=O)n43)nc2n1.Cl. The summed E-state index contributed by atoms with van der Waals surface area (Å²) >= 11 is 0. The number of halogens is 1. The minimum atomic E-state index is -0.357. The van der Waals surface area contributed by atoms with Crippen LogP contribution in [-0.2, 0) is 0 Å². The molecule has 0 radical (unpaired) electrons. The van der Waals surface area contributed by atoms with Crippen molar-refractivity contribution >= 4 is 24.1 Å². The Kier molecular flexibility index (Phi) is 5.33. The van der Waals surface area contributed by atoms with Gasteiger partial charge in [0.05, 0.1) is 6.04 Å². The molecule has 158 valence electrons. The van der Waals surface area contributed by atoms with Gasteiger partial charge in [0.2, 0.25) is 5.82 Å². The number of aryl methyl sites for hydroxylation is 2. The second-order valence-corrected chi connectivity index (χ2v) is 7.97. The Morgan fingerprint density at radius 1 is 1.27 bits per heavy atom. The molecule has 0 aliphatic carbocycles. The van der Waals surface area contributed by atoms with Crippen molar-refractivity contribution in [3.8, 4) is 0 Å². The quantitative estimate of drug-likeness (QED) is 0.643. The lowest BCUT2D eigenvalue weighted by atomic mass is 9.79. The van der Waals surface area contributed by atoms with Gasteiger partial charge in [0.25, 0.3) is 17.2 Å². The van der Waals surface area contributed by atoms with Gasteiger partial charge in [0.1, 0.15) is 0 Å². The number of hydrogen-bond acceptors (Lipinski definition) is 6. The normalized spacial score (nSPS) is 22.3. The summed E-state index contributed by atoms with van der Waals surface area (Å²) in [5.41, 5.74) is 2.72. The highest BCUT2D eigenvalue weighted by Crippen LogP contribution is 2.38. The van der Waals surface area contributed by atoms with Crippen LogP contribution in [0.15, 0.2) is 29.1 Å². The van der Waals surface area contributed by atoms with Crippen molar-refractivity contribution < 1.29 is 4.79 Å². The van der Waals surface area contributed by atoms with Crippen LogP contribution in [0.3, 0.4) is 0 Å². The molecule has 2 aliphatic rings. The van der Waals surface area contributed by atoms with E-state index in [-0.39, 0.29) is 35.7 Å². The van der Waals surface area contributed by atoms with Crippen LogP contribution in [0.25, 0.3) is 5.78 Å². The van der Waals surface area contributed by atoms with Crippen LogP contribution in [0.4, 0.5) is 0 Å². The molecular formula is C20H24ClN7O2. The van der Waals surface area contributed by atoms with Crippen molar-refractivity contribution in [1.29, 1.82) is 0 Å². The smallest absolute Gasteiger partial charge is 0.291 e. The fraction of sp³-hybridized carbons (Fsp3) is 0.450. The minimum Gasteiger partial charge on any atom is -0.347 e. The van der Waals surface area contributed by atoms with Crippen LogP contribution in [0.2, 0.25) is 0 Å². The molecular weight excluding hydrogens is 406 g/mol. The lowest BCUT2D eigenvalue weighted by Gasteiger charge is -2.43. The van der Waals surface area contributed by atoms with E-state index in [1.807, 2.05) is 36.6 Å². The van der Waals surface area contributed by atoms with E-state index in [0.29, 0.717) is 24.2 Å². The van der Waals surface area contributed by atoms with Crippen LogP contribution in [-0.4, -0.2) is 49.7 Å².